The number of hydrogen-bond acceptors (Lipinski definition) is 7. The average molecular weight is 737 g/mol. The van der Waals surface area contributed by atoms with Crippen LogP contribution in [0, 0.1) is 0 Å². The molecule has 0 bridgehead atoms. The van der Waals surface area contributed by atoms with Crippen LogP contribution in [0.25, 0.3) is 40.7 Å². The largest absolute Gasteiger partial charge is 0.311 e. The molecule has 0 unspecified atom stereocenters. The van der Waals surface area contributed by atoms with Crippen LogP contribution < -0.4 is 9.80 Å². The van der Waals surface area contributed by atoms with Crippen molar-refractivity contribution in [1.29, 1.82) is 0 Å². The van der Waals surface area contributed by atoms with Gasteiger partial charge in [0, 0.05) is 46.5 Å². The zero-order valence-electron chi connectivity index (χ0n) is 28.5. The van der Waals surface area contributed by atoms with Crippen LogP contribution in [0.1, 0.15) is 0 Å². The van der Waals surface area contributed by atoms with E-state index in [1.165, 1.54) is 0 Å². The molecule has 9 aromatic rings. The Hall–Kier alpha value is -6.12. The highest BCUT2D eigenvalue weighted by atomic mass is 32.1. The molecule has 3 heterocycles. The summed E-state index contributed by atoms with van der Waals surface area (Å²) >= 11 is 5.19. The number of nitrogens with zero attached hydrogens (tertiary/aromatic N) is 4. The molecule has 0 aliphatic carbocycles. The molecule has 9 rings (SSSR count). The van der Waals surface area contributed by atoms with Crippen molar-refractivity contribution in [1.82, 2.24) is 9.97 Å². The molecule has 0 fully saturated rings. The first kappa shape index (κ1) is 32.8. The molecule has 0 radical (unpaired) electrons. The van der Waals surface area contributed by atoms with Crippen molar-refractivity contribution < 1.29 is 0 Å². The van der Waals surface area contributed by atoms with E-state index in [0.717, 1.165) is 74.8 Å². The van der Waals surface area contributed by atoms with Crippen molar-refractivity contribution in [3.05, 3.63) is 194 Å². The van der Waals surface area contributed by atoms with Crippen LogP contribution in [-0.2, 0) is 0 Å². The number of thiophene rings is 1. The van der Waals surface area contributed by atoms with Gasteiger partial charge in [0.15, 0.2) is 0 Å². The van der Waals surface area contributed by atoms with Crippen molar-refractivity contribution in [3.63, 3.8) is 0 Å². The van der Waals surface area contributed by atoms with Gasteiger partial charge in [0.25, 0.3) is 0 Å². The standard InChI is InChI=1S/C46H32N4S3/c1-5-13-35(14-6-1)49(36-15-7-2-8-16-36)39-25-21-33(22-26-39)43-31-47-45(52-43)41-29-30-42(51-41)46-48-32-44(53-46)34-23-27-40(28-24-34)50(37-17-9-3-10-18-37)38-19-11-4-12-20-38/h1-32H. The van der Waals surface area contributed by atoms with E-state index in [-0.39, 0.29) is 0 Å². The summed E-state index contributed by atoms with van der Waals surface area (Å²) in [6.45, 7) is 0. The van der Waals surface area contributed by atoms with Gasteiger partial charge in [-0.3, -0.25) is 0 Å². The fourth-order valence-corrected chi connectivity index (χ4v) is 9.34. The van der Waals surface area contributed by atoms with Gasteiger partial charge in [-0.05, 0) is 96.1 Å². The van der Waals surface area contributed by atoms with Crippen molar-refractivity contribution in [2.45, 2.75) is 0 Å². The lowest BCUT2D eigenvalue weighted by atomic mass is 10.1. The number of thiazole rings is 2. The maximum atomic E-state index is 4.84. The van der Waals surface area contributed by atoms with Crippen molar-refractivity contribution in [2.24, 2.45) is 0 Å². The van der Waals surface area contributed by atoms with Gasteiger partial charge < -0.3 is 9.80 Å². The highest BCUT2D eigenvalue weighted by molar-refractivity contribution is 7.27. The number of anilines is 6. The molecular weight excluding hydrogens is 705 g/mol. The lowest BCUT2D eigenvalue weighted by molar-refractivity contribution is 1.28. The molecule has 0 aliphatic heterocycles. The van der Waals surface area contributed by atoms with E-state index < -0.39 is 0 Å². The molecule has 4 nitrogen and oxygen atoms in total. The van der Waals surface area contributed by atoms with Gasteiger partial charge in [-0.15, -0.1) is 34.0 Å². The van der Waals surface area contributed by atoms with Crippen molar-refractivity contribution in [2.75, 3.05) is 9.80 Å². The molecule has 0 N–H and O–H groups in total. The molecule has 0 aliphatic rings. The Morgan fingerprint density at radius 3 is 0.906 bits per heavy atom. The van der Waals surface area contributed by atoms with Crippen LogP contribution in [0.15, 0.2) is 194 Å². The second-order valence-electron chi connectivity index (χ2n) is 12.3. The van der Waals surface area contributed by atoms with Crippen LogP contribution >= 0.6 is 34.0 Å². The zero-order chi connectivity index (χ0) is 35.4. The second kappa shape index (κ2) is 14.9. The Morgan fingerprint density at radius 2 is 0.585 bits per heavy atom. The Labute approximate surface area is 321 Å². The molecular formula is C46H32N4S3. The first-order chi connectivity index (χ1) is 26.3. The van der Waals surface area contributed by atoms with Gasteiger partial charge in [-0.2, -0.15) is 0 Å². The van der Waals surface area contributed by atoms with E-state index >= 15 is 0 Å². The van der Waals surface area contributed by atoms with Crippen molar-refractivity contribution in [3.8, 4) is 40.7 Å². The summed E-state index contributed by atoms with van der Waals surface area (Å²) in [5.74, 6) is 0. The Balaban J connectivity index is 0.919. The molecule has 0 atom stereocenters. The quantitative estimate of drug-likeness (QED) is 0.140. The minimum atomic E-state index is 1.02. The number of hydrogen-bond donors (Lipinski definition) is 0. The van der Waals surface area contributed by atoms with Gasteiger partial charge in [-0.1, -0.05) is 97.1 Å². The SMILES string of the molecule is c1ccc(N(c2ccccc2)c2ccc(-c3cnc(-c4ccc(-c5ncc(-c6ccc(N(c7ccccc7)c7ccccc7)cc6)s5)s4)s3)cc2)cc1. The third-order valence-corrected chi connectivity index (χ3v) is 12.4. The lowest BCUT2D eigenvalue weighted by Crippen LogP contribution is -2.09. The second-order valence-corrected chi connectivity index (χ2v) is 15.5. The predicted octanol–water partition coefficient (Wildman–Crippen LogP) is 14.3. The van der Waals surface area contributed by atoms with E-state index in [2.05, 4.69) is 192 Å². The monoisotopic (exact) mass is 736 g/mol. The maximum Gasteiger partial charge on any atom is 0.133 e. The molecule has 3 aromatic heterocycles. The fourth-order valence-electron chi connectivity index (χ4n) is 6.36. The summed E-state index contributed by atoms with van der Waals surface area (Å²) < 4.78 is 0. The van der Waals surface area contributed by atoms with E-state index in [1.54, 1.807) is 34.0 Å². The number of benzene rings is 6. The third-order valence-electron chi connectivity index (χ3n) is 8.92. The highest BCUT2D eigenvalue weighted by Gasteiger charge is 2.16. The highest BCUT2D eigenvalue weighted by Crippen LogP contribution is 2.43. The number of para-hydroxylation sites is 4. The Kier molecular flexibility index (Phi) is 9.18. The van der Waals surface area contributed by atoms with Gasteiger partial charge in [0.05, 0.1) is 19.5 Å². The van der Waals surface area contributed by atoms with Gasteiger partial charge in [0.2, 0.25) is 0 Å². The molecule has 6 aromatic carbocycles. The van der Waals surface area contributed by atoms with Gasteiger partial charge >= 0.3 is 0 Å². The first-order valence-corrected chi connectivity index (χ1v) is 19.8. The zero-order valence-corrected chi connectivity index (χ0v) is 30.9. The van der Waals surface area contributed by atoms with E-state index in [1.807, 2.05) is 12.4 Å². The summed E-state index contributed by atoms with van der Waals surface area (Å²) in [6, 6.07) is 63.8. The normalized spacial score (nSPS) is 11.0. The van der Waals surface area contributed by atoms with Gasteiger partial charge in [-0.25, -0.2) is 9.97 Å². The van der Waals surface area contributed by atoms with Crippen LogP contribution in [0.3, 0.4) is 0 Å². The number of rotatable bonds is 10. The molecule has 0 spiro atoms. The molecule has 254 valence electrons. The topological polar surface area (TPSA) is 32.3 Å². The maximum absolute atomic E-state index is 4.84. The third kappa shape index (κ3) is 6.93. The predicted molar refractivity (Wildman–Crippen MR) is 227 cm³/mol. The van der Waals surface area contributed by atoms with E-state index in [9.17, 15) is 0 Å². The van der Waals surface area contributed by atoms with E-state index in [4.69, 9.17) is 9.97 Å². The summed E-state index contributed by atoms with van der Waals surface area (Å²) in [5.41, 5.74) is 9.03. The van der Waals surface area contributed by atoms with Crippen LogP contribution in [0.4, 0.5) is 34.1 Å². The van der Waals surface area contributed by atoms with E-state index in [0.29, 0.717) is 0 Å². The molecule has 7 heteroatoms. The van der Waals surface area contributed by atoms with Crippen LogP contribution in [0.2, 0.25) is 0 Å². The van der Waals surface area contributed by atoms with Crippen LogP contribution in [0.5, 0.6) is 0 Å². The smallest absolute Gasteiger partial charge is 0.133 e. The lowest BCUT2D eigenvalue weighted by Gasteiger charge is -2.25. The average Bonchev–Trinajstić information content (AvgIpc) is 4.03. The van der Waals surface area contributed by atoms with Gasteiger partial charge in [0.1, 0.15) is 10.0 Å². The molecule has 0 saturated carbocycles. The minimum Gasteiger partial charge on any atom is -0.311 e. The fraction of sp³-hybridized carbons (Fsp3) is 0. The molecule has 53 heavy (non-hydrogen) atoms. The number of aromatic nitrogens is 2. The first-order valence-electron chi connectivity index (χ1n) is 17.3. The summed E-state index contributed by atoms with van der Waals surface area (Å²) in [6.07, 6.45) is 3.98. The summed E-state index contributed by atoms with van der Waals surface area (Å²) in [4.78, 5) is 18.8. The minimum absolute atomic E-state index is 1.02. The molecule has 0 saturated heterocycles. The molecule has 0 amide bonds. The van der Waals surface area contributed by atoms with Crippen molar-refractivity contribution >= 4 is 68.1 Å². The summed E-state index contributed by atoms with van der Waals surface area (Å²) in [7, 11) is 0. The summed E-state index contributed by atoms with van der Waals surface area (Å²) in [5, 5.41) is 2.04. The Bertz CT molecular complexity index is 2290. The van der Waals surface area contributed by atoms with Crippen LogP contribution in [-0.4, -0.2) is 9.97 Å². The Morgan fingerprint density at radius 1 is 0.283 bits per heavy atom.